The Morgan fingerprint density at radius 3 is 1.64 bits per heavy atom. The Labute approximate surface area is 67.4 Å². The first kappa shape index (κ1) is 12.6. The van der Waals surface area contributed by atoms with Crippen LogP contribution >= 0.6 is 0 Å². The summed E-state index contributed by atoms with van der Waals surface area (Å²) >= 11 is 0. The SMILES string of the molecule is CC(N)CN.N#CCCC#N. The molecule has 0 radical (unpaired) electrons. The van der Waals surface area contributed by atoms with E-state index in [9.17, 15) is 0 Å². The largest absolute Gasteiger partial charge is 0.329 e. The minimum absolute atomic E-state index is 0.162. The maximum atomic E-state index is 7.80. The van der Waals surface area contributed by atoms with Crippen LogP contribution in [0.4, 0.5) is 0 Å². The summed E-state index contributed by atoms with van der Waals surface area (Å²) in [6.07, 6.45) is 0.715. The lowest BCUT2D eigenvalue weighted by Crippen LogP contribution is -2.25. The van der Waals surface area contributed by atoms with Crippen molar-refractivity contribution < 1.29 is 0 Å². The van der Waals surface area contributed by atoms with Crippen molar-refractivity contribution in [3.63, 3.8) is 0 Å². The van der Waals surface area contributed by atoms with E-state index in [4.69, 9.17) is 22.0 Å². The van der Waals surface area contributed by atoms with Crippen molar-refractivity contribution >= 4 is 0 Å². The van der Waals surface area contributed by atoms with Crippen LogP contribution in [-0.4, -0.2) is 12.6 Å². The molecule has 0 rings (SSSR count). The number of hydrogen-bond acceptors (Lipinski definition) is 4. The van der Waals surface area contributed by atoms with Gasteiger partial charge in [-0.3, -0.25) is 0 Å². The van der Waals surface area contributed by atoms with Crippen LogP contribution in [0.2, 0.25) is 0 Å². The van der Waals surface area contributed by atoms with Gasteiger partial charge in [-0.25, -0.2) is 0 Å². The monoisotopic (exact) mass is 154 g/mol. The van der Waals surface area contributed by atoms with Crippen LogP contribution in [0.15, 0.2) is 0 Å². The van der Waals surface area contributed by atoms with E-state index in [1.807, 2.05) is 19.1 Å². The van der Waals surface area contributed by atoms with Gasteiger partial charge in [-0.2, -0.15) is 10.5 Å². The molecule has 0 aliphatic heterocycles. The normalized spacial score (nSPS) is 9.91. The highest BCUT2D eigenvalue weighted by atomic mass is 14.7. The predicted octanol–water partition coefficient (Wildman–Crippen LogP) is 0.106. The first-order valence-corrected chi connectivity index (χ1v) is 3.38. The molecule has 4 N–H and O–H groups in total. The van der Waals surface area contributed by atoms with Gasteiger partial charge >= 0.3 is 0 Å². The average molecular weight is 154 g/mol. The molecule has 0 heterocycles. The average Bonchev–Trinajstić information content (AvgIpc) is 2.02. The molecule has 0 aromatic rings. The van der Waals surface area contributed by atoms with Crippen molar-refractivity contribution in [3.8, 4) is 12.1 Å². The lowest BCUT2D eigenvalue weighted by Gasteiger charge is -1.92. The minimum atomic E-state index is 0.162. The fourth-order valence-corrected chi connectivity index (χ4v) is 0.112. The molecule has 0 amide bonds. The molecular weight excluding hydrogens is 140 g/mol. The Kier molecular flexibility index (Phi) is 13.3. The summed E-state index contributed by atoms with van der Waals surface area (Å²) in [4.78, 5) is 0. The molecule has 1 unspecified atom stereocenters. The summed E-state index contributed by atoms with van der Waals surface area (Å²) in [7, 11) is 0. The van der Waals surface area contributed by atoms with Gasteiger partial charge in [0.05, 0.1) is 12.1 Å². The third-order valence-electron chi connectivity index (χ3n) is 0.720. The summed E-state index contributed by atoms with van der Waals surface area (Å²) in [5.41, 5.74) is 10.2. The third-order valence-corrected chi connectivity index (χ3v) is 0.720. The third kappa shape index (κ3) is 27.9. The van der Waals surface area contributed by atoms with Crippen molar-refractivity contribution in [2.75, 3.05) is 6.54 Å². The van der Waals surface area contributed by atoms with Crippen LogP contribution in [-0.2, 0) is 0 Å². The molecule has 0 saturated carbocycles. The number of nitrogens with zero attached hydrogens (tertiary/aromatic N) is 2. The number of rotatable bonds is 2. The molecular formula is C7H14N4. The standard InChI is InChI=1S/C4H4N2.C3H10N2/c5-3-1-2-4-6;1-3(5)2-4/h1-2H2;3H,2,4-5H2,1H3. The Balaban J connectivity index is 0. The molecule has 0 aromatic heterocycles. The molecule has 0 fully saturated rings. The number of unbranched alkanes of at least 4 members (excludes halogenated alkanes) is 1. The summed E-state index contributed by atoms with van der Waals surface area (Å²) < 4.78 is 0. The van der Waals surface area contributed by atoms with E-state index in [0.717, 1.165) is 0 Å². The number of nitrogens with two attached hydrogens (primary N) is 2. The minimum Gasteiger partial charge on any atom is -0.329 e. The second-order valence-corrected chi connectivity index (χ2v) is 2.03. The van der Waals surface area contributed by atoms with Crippen LogP contribution in [0.3, 0.4) is 0 Å². The van der Waals surface area contributed by atoms with E-state index in [0.29, 0.717) is 19.4 Å². The number of nitriles is 2. The zero-order chi connectivity index (χ0) is 9.11. The van der Waals surface area contributed by atoms with Gasteiger partial charge in [0.25, 0.3) is 0 Å². The second-order valence-electron chi connectivity index (χ2n) is 2.03. The lowest BCUT2D eigenvalue weighted by atomic mass is 10.4. The first-order valence-electron chi connectivity index (χ1n) is 3.38. The Morgan fingerprint density at radius 2 is 1.55 bits per heavy atom. The van der Waals surface area contributed by atoms with E-state index in [-0.39, 0.29) is 6.04 Å². The molecule has 62 valence electrons. The summed E-state index contributed by atoms with van der Waals surface area (Å²) in [6.45, 7) is 2.46. The van der Waals surface area contributed by atoms with Crippen molar-refractivity contribution in [2.24, 2.45) is 11.5 Å². The molecule has 11 heavy (non-hydrogen) atoms. The smallest absolute Gasteiger partial charge is 0.0632 e. The molecule has 0 bridgehead atoms. The zero-order valence-electron chi connectivity index (χ0n) is 6.75. The number of hydrogen-bond donors (Lipinski definition) is 2. The van der Waals surface area contributed by atoms with Crippen molar-refractivity contribution in [3.05, 3.63) is 0 Å². The quantitative estimate of drug-likeness (QED) is 0.551. The van der Waals surface area contributed by atoms with Gasteiger partial charge in [-0.15, -0.1) is 0 Å². The summed E-state index contributed by atoms with van der Waals surface area (Å²) in [5, 5.41) is 15.6. The maximum absolute atomic E-state index is 7.80. The molecule has 0 saturated heterocycles. The Morgan fingerprint density at radius 1 is 1.27 bits per heavy atom. The van der Waals surface area contributed by atoms with E-state index in [1.54, 1.807) is 0 Å². The molecule has 0 aliphatic carbocycles. The van der Waals surface area contributed by atoms with Crippen molar-refractivity contribution in [2.45, 2.75) is 25.8 Å². The predicted molar refractivity (Wildman–Crippen MR) is 43.2 cm³/mol. The highest BCUT2D eigenvalue weighted by molar-refractivity contribution is 4.78. The fraction of sp³-hybridized carbons (Fsp3) is 0.714. The van der Waals surface area contributed by atoms with E-state index < -0.39 is 0 Å². The van der Waals surface area contributed by atoms with Crippen LogP contribution in [0.25, 0.3) is 0 Å². The molecule has 0 aliphatic rings. The van der Waals surface area contributed by atoms with Crippen LogP contribution in [0.5, 0.6) is 0 Å². The van der Waals surface area contributed by atoms with Gasteiger partial charge in [0.1, 0.15) is 0 Å². The van der Waals surface area contributed by atoms with Gasteiger partial charge < -0.3 is 11.5 Å². The fourth-order valence-electron chi connectivity index (χ4n) is 0.112. The van der Waals surface area contributed by atoms with Crippen molar-refractivity contribution in [1.29, 1.82) is 10.5 Å². The lowest BCUT2D eigenvalue weighted by molar-refractivity contribution is 0.752. The molecule has 0 aromatic carbocycles. The van der Waals surface area contributed by atoms with Gasteiger partial charge in [0.15, 0.2) is 0 Å². The highest BCUT2D eigenvalue weighted by Crippen LogP contribution is 1.78. The molecule has 1 atom stereocenters. The maximum Gasteiger partial charge on any atom is 0.0632 e. The summed E-state index contributed by atoms with van der Waals surface area (Å²) in [6, 6.07) is 3.85. The molecule has 4 nitrogen and oxygen atoms in total. The molecule has 0 spiro atoms. The van der Waals surface area contributed by atoms with Crippen molar-refractivity contribution in [1.82, 2.24) is 0 Å². The molecule has 4 heteroatoms. The van der Waals surface area contributed by atoms with Crippen LogP contribution in [0, 0.1) is 22.7 Å². The van der Waals surface area contributed by atoms with Crippen LogP contribution < -0.4 is 11.5 Å². The Bertz CT molecular complexity index is 126. The van der Waals surface area contributed by atoms with E-state index in [2.05, 4.69) is 0 Å². The zero-order valence-corrected chi connectivity index (χ0v) is 6.75. The first-order chi connectivity index (χ1) is 5.18. The van der Waals surface area contributed by atoms with Gasteiger partial charge in [-0.05, 0) is 6.92 Å². The van der Waals surface area contributed by atoms with E-state index in [1.165, 1.54) is 0 Å². The summed E-state index contributed by atoms with van der Waals surface area (Å²) in [5.74, 6) is 0. The van der Waals surface area contributed by atoms with Gasteiger partial charge in [0.2, 0.25) is 0 Å². The van der Waals surface area contributed by atoms with Crippen LogP contribution in [0.1, 0.15) is 19.8 Å². The second kappa shape index (κ2) is 11.7. The van der Waals surface area contributed by atoms with Gasteiger partial charge in [-0.1, -0.05) is 0 Å². The highest BCUT2D eigenvalue weighted by Gasteiger charge is 1.79. The topological polar surface area (TPSA) is 99.6 Å². The van der Waals surface area contributed by atoms with E-state index >= 15 is 0 Å². The Hall–Kier alpha value is -1.10. The van der Waals surface area contributed by atoms with Gasteiger partial charge in [0, 0.05) is 25.4 Å².